The minimum Gasteiger partial charge on any atom is -0.508 e. The fourth-order valence-electron chi connectivity index (χ4n) is 3.52. The van der Waals surface area contributed by atoms with Gasteiger partial charge in [-0.15, -0.1) is 0 Å². The van der Waals surface area contributed by atoms with Crippen LogP contribution in [-0.4, -0.2) is 10.9 Å². The van der Waals surface area contributed by atoms with Crippen LogP contribution in [0.2, 0.25) is 0 Å². The van der Waals surface area contributed by atoms with E-state index in [1.807, 2.05) is 42.5 Å². The Hall–Kier alpha value is -2.61. The molecular weight excluding hydrogens is 272 g/mol. The van der Waals surface area contributed by atoms with Crippen molar-refractivity contribution in [3.63, 3.8) is 0 Å². The molecule has 0 bridgehead atoms. The molecule has 0 fully saturated rings. The normalized spacial score (nSPS) is 12.5. The van der Waals surface area contributed by atoms with Crippen molar-refractivity contribution in [3.05, 3.63) is 65.2 Å². The van der Waals surface area contributed by atoms with Crippen molar-refractivity contribution < 1.29 is 9.90 Å². The zero-order valence-electron chi connectivity index (χ0n) is 12.4. The lowest BCUT2D eigenvalue weighted by Crippen LogP contribution is -2.11. The van der Waals surface area contributed by atoms with Crippen LogP contribution in [0, 0.1) is 0 Å². The van der Waals surface area contributed by atoms with Crippen molar-refractivity contribution in [2.75, 3.05) is 0 Å². The van der Waals surface area contributed by atoms with E-state index in [2.05, 4.69) is 6.92 Å². The average molecular weight is 288 g/mol. The largest absolute Gasteiger partial charge is 0.508 e. The minimum absolute atomic E-state index is 0.0711. The molecule has 1 N–H and O–H groups in total. The highest BCUT2D eigenvalue weighted by Crippen LogP contribution is 2.44. The van der Waals surface area contributed by atoms with Crippen molar-refractivity contribution in [2.24, 2.45) is 0 Å². The summed E-state index contributed by atoms with van der Waals surface area (Å²) in [5.74, 6) is 0.396. The molecular formula is C20H16O2. The molecule has 2 nitrogen and oxygen atoms in total. The van der Waals surface area contributed by atoms with Crippen LogP contribution in [-0.2, 0) is 6.42 Å². The molecule has 0 unspecified atom stereocenters. The lowest BCUT2D eigenvalue weighted by atomic mass is 9.79. The molecule has 0 aromatic heterocycles. The van der Waals surface area contributed by atoms with E-state index in [-0.39, 0.29) is 5.78 Å². The fourth-order valence-corrected chi connectivity index (χ4v) is 3.52. The number of phenolic OH excluding ortho intramolecular Hbond substituents is 1. The van der Waals surface area contributed by atoms with Crippen molar-refractivity contribution in [1.29, 1.82) is 0 Å². The summed E-state index contributed by atoms with van der Waals surface area (Å²) in [7, 11) is 0. The number of fused-ring (bicyclic) bond motifs is 2. The van der Waals surface area contributed by atoms with Crippen LogP contribution in [0.25, 0.3) is 21.9 Å². The van der Waals surface area contributed by atoms with Crippen molar-refractivity contribution >= 4 is 16.6 Å². The first-order chi connectivity index (χ1) is 10.7. The molecule has 22 heavy (non-hydrogen) atoms. The summed E-state index contributed by atoms with van der Waals surface area (Å²) < 4.78 is 0. The maximum Gasteiger partial charge on any atom is 0.194 e. The standard InChI is InChI=1S/C20H16O2/c1-2-6-15-17(21)11-12-7-5-10-16-18(12)19(15)13-8-3-4-9-14(13)20(16)22/h3-5,7-11,21H,2,6H2,1H3. The molecule has 3 aromatic rings. The third kappa shape index (κ3) is 1.64. The summed E-state index contributed by atoms with van der Waals surface area (Å²) in [5, 5.41) is 12.4. The van der Waals surface area contributed by atoms with E-state index < -0.39 is 0 Å². The second-order valence-electron chi connectivity index (χ2n) is 5.78. The molecule has 0 radical (unpaired) electrons. The van der Waals surface area contributed by atoms with Crippen LogP contribution in [0.5, 0.6) is 5.75 Å². The highest BCUT2D eigenvalue weighted by molar-refractivity contribution is 6.26. The van der Waals surface area contributed by atoms with Gasteiger partial charge in [0.1, 0.15) is 5.75 Å². The van der Waals surface area contributed by atoms with Crippen molar-refractivity contribution in [1.82, 2.24) is 0 Å². The minimum atomic E-state index is 0.0711. The molecule has 1 aliphatic carbocycles. The van der Waals surface area contributed by atoms with Gasteiger partial charge >= 0.3 is 0 Å². The van der Waals surface area contributed by atoms with E-state index >= 15 is 0 Å². The highest BCUT2D eigenvalue weighted by Gasteiger charge is 2.27. The predicted molar refractivity (Wildman–Crippen MR) is 88.5 cm³/mol. The predicted octanol–water partition coefficient (Wildman–Crippen LogP) is 4.71. The van der Waals surface area contributed by atoms with E-state index in [1.54, 1.807) is 6.07 Å². The molecule has 0 spiro atoms. The van der Waals surface area contributed by atoms with E-state index in [4.69, 9.17) is 0 Å². The summed E-state index contributed by atoms with van der Waals surface area (Å²) in [5.41, 5.74) is 4.38. The maximum absolute atomic E-state index is 12.8. The summed E-state index contributed by atoms with van der Waals surface area (Å²) in [6.07, 6.45) is 1.75. The van der Waals surface area contributed by atoms with E-state index in [9.17, 15) is 9.90 Å². The number of carbonyl (C=O) groups excluding carboxylic acids is 1. The highest BCUT2D eigenvalue weighted by atomic mass is 16.3. The Balaban J connectivity index is 2.24. The number of rotatable bonds is 2. The Morgan fingerprint density at radius 1 is 0.955 bits per heavy atom. The van der Waals surface area contributed by atoms with Crippen LogP contribution in [0.4, 0.5) is 0 Å². The molecule has 4 rings (SSSR count). The number of carbonyl (C=O) groups is 1. The van der Waals surface area contributed by atoms with Gasteiger partial charge in [-0.1, -0.05) is 55.8 Å². The van der Waals surface area contributed by atoms with E-state index in [0.29, 0.717) is 5.75 Å². The molecule has 0 atom stereocenters. The molecule has 0 saturated carbocycles. The Labute approximate surface area is 129 Å². The summed E-state index contributed by atoms with van der Waals surface area (Å²) in [6, 6.07) is 15.2. The Kier molecular flexibility index (Phi) is 2.80. The quantitative estimate of drug-likeness (QED) is 0.580. The summed E-state index contributed by atoms with van der Waals surface area (Å²) >= 11 is 0. The van der Waals surface area contributed by atoms with Gasteiger partial charge in [-0.05, 0) is 29.0 Å². The number of ketones is 1. The van der Waals surface area contributed by atoms with Crippen LogP contribution in [0.3, 0.4) is 0 Å². The lowest BCUT2D eigenvalue weighted by molar-refractivity contribution is 0.104. The molecule has 3 aromatic carbocycles. The van der Waals surface area contributed by atoms with E-state index in [0.717, 1.165) is 51.4 Å². The van der Waals surface area contributed by atoms with Gasteiger partial charge in [-0.25, -0.2) is 0 Å². The third-order valence-electron chi connectivity index (χ3n) is 4.44. The first-order valence-electron chi connectivity index (χ1n) is 7.64. The van der Waals surface area contributed by atoms with Crippen molar-refractivity contribution in [3.8, 4) is 16.9 Å². The number of hydrogen-bond acceptors (Lipinski definition) is 2. The van der Waals surface area contributed by atoms with Gasteiger partial charge in [-0.2, -0.15) is 0 Å². The molecule has 1 aliphatic rings. The van der Waals surface area contributed by atoms with Gasteiger partial charge in [0.25, 0.3) is 0 Å². The van der Waals surface area contributed by atoms with E-state index in [1.165, 1.54) is 0 Å². The Morgan fingerprint density at radius 3 is 2.45 bits per heavy atom. The Bertz CT molecular complexity index is 922. The molecule has 0 saturated heterocycles. The van der Waals surface area contributed by atoms with Gasteiger partial charge in [0.15, 0.2) is 5.78 Å². The van der Waals surface area contributed by atoms with Crippen LogP contribution in [0.1, 0.15) is 34.8 Å². The lowest BCUT2D eigenvalue weighted by Gasteiger charge is -2.23. The van der Waals surface area contributed by atoms with Crippen LogP contribution in [0.15, 0.2) is 48.5 Å². The molecule has 0 aliphatic heterocycles. The zero-order valence-corrected chi connectivity index (χ0v) is 12.4. The van der Waals surface area contributed by atoms with Crippen LogP contribution < -0.4 is 0 Å². The Morgan fingerprint density at radius 2 is 1.68 bits per heavy atom. The molecule has 108 valence electrons. The van der Waals surface area contributed by atoms with Gasteiger partial charge in [0.05, 0.1) is 0 Å². The van der Waals surface area contributed by atoms with Gasteiger partial charge < -0.3 is 5.11 Å². The number of benzene rings is 3. The monoisotopic (exact) mass is 288 g/mol. The van der Waals surface area contributed by atoms with Crippen molar-refractivity contribution in [2.45, 2.75) is 19.8 Å². The first-order valence-corrected chi connectivity index (χ1v) is 7.64. The summed E-state index contributed by atoms with van der Waals surface area (Å²) in [6.45, 7) is 2.10. The van der Waals surface area contributed by atoms with Crippen LogP contribution >= 0.6 is 0 Å². The first kappa shape index (κ1) is 13.1. The third-order valence-corrected chi connectivity index (χ3v) is 4.44. The number of phenols is 1. The average Bonchev–Trinajstić information content (AvgIpc) is 2.54. The molecule has 0 amide bonds. The van der Waals surface area contributed by atoms with Gasteiger partial charge in [0.2, 0.25) is 0 Å². The SMILES string of the molecule is CCCc1c(O)cc2cccc3c2c1-c1ccccc1C3=O. The van der Waals surface area contributed by atoms with Gasteiger partial charge in [-0.3, -0.25) is 4.79 Å². The maximum atomic E-state index is 12.8. The topological polar surface area (TPSA) is 37.3 Å². The molecule has 2 heteroatoms. The number of hydrogen-bond donors (Lipinski definition) is 1. The smallest absolute Gasteiger partial charge is 0.194 e. The zero-order chi connectivity index (χ0) is 15.3. The second kappa shape index (κ2) is 4.70. The summed E-state index contributed by atoms with van der Waals surface area (Å²) in [4.78, 5) is 12.8. The van der Waals surface area contributed by atoms with Gasteiger partial charge in [0, 0.05) is 22.1 Å². The number of aromatic hydroxyl groups is 1. The second-order valence-corrected chi connectivity index (χ2v) is 5.78. The fraction of sp³-hybridized carbons (Fsp3) is 0.150. The molecule has 0 heterocycles.